The molecule has 0 bridgehead atoms. The highest BCUT2D eigenvalue weighted by atomic mass is 32.1. The molecule has 1 aliphatic rings. The second kappa shape index (κ2) is 6.10. The first-order chi connectivity index (χ1) is 9.15. The van der Waals surface area contributed by atoms with Crippen LogP contribution in [0.4, 0.5) is 5.69 Å². The van der Waals surface area contributed by atoms with Crippen LogP contribution in [-0.2, 0) is 0 Å². The summed E-state index contributed by atoms with van der Waals surface area (Å²) in [5, 5.41) is 3.73. The number of ether oxygens (including phenoxy) is 1. The zero-order valence-electron chi connectivity index (χ0n) is 11.7. The normalized spacial score (nSPS) is 17.4. The number of nitrogens with zero attached hydrogens (tertiary/aromatic N) is 2. The molecule has 19 heavy (non-hydrogen) atoms. The number of rotatable bonds is 3. The van der Waals surface area contributed by atoms with Crippen LogP contribution in [0.15, 0.2) is 24.3 Å². The molecule has 0 fully saturated rings. The molecule has 1 aromatic rings. The maximum Gasteiger partial charge on any atom is 0.168 e. The van der Waals surface area contributed by atoms with Gasteiger partial charge in [-0.05, 0) is 31.3 Å². The van der Waals surface area contributed by atoms with Crippen molar-refractivity contribution in [2.45, 2.75) is 13.0 Å². The Bertz CT molecular complexity index is 452. The predicted octanol–water partition coefficient (Wildman–Crippen LogP) is 1.71. The number of likely N-dealkylation sites (N-methyl/N-ethyl adjacent to an activating group) is 2. The summed E-state index contributed by atoms with van der Waals surface area (Å²) in [5.41, 5.74) is 1.18. The van der Waals surface area contributed by atoms with Crippen molar-refractivity contribution in [2.75, 3.05) is 38.6 Å². The standard InChI is InChI=1S/C14H21N3OS/c1-4-17-10-11(9-16(3)14(19)15-2)18-13-8-6-5-7-12(13)17/h5-8,11H,4,9-10H2,1-3H3,(H,15,19)/t11-/m1/s1. The molecule has 1 heterocycles. The van der Waals surface area contributed by atoms with Crippen LogP contribution < -0.4 is 15.0 Å². The molecule has 1 N–H and O–H groups in total. The Morgan fingerprint density at radius 3 is 2.95 bits per heavy atom. The minimum Gasteiger partial charge on any atom is -0.485 e. The molecular formula is C14H21N3OS. The SMILES string of the molecule is CCN1C[C@@H](CN(C)C(=S)NC)Oc2ccccc21. The van der Waals surface area contributed by atoms with E-state index in [1.54, 1.807) is 0 Å². The smallest absolute Gasteiger partial charge is 0.168 e. The van der Waals surface area contributed by atoms with Crippen LogP contribution in [0.3, 0.4) is 0 Å². The molecule has 0 saturated heterocycles. The van der Waals surface area contributed by atoms with Gasteiger partial charge in [0.1, 0.15) is 11.9 Å². The lowest BCUT2D eigenvalue weighted by molar-refractivity contribution is 0.168. The summed E-state index contributed by atoms with van der Waals surface area (Å²) < 4.78 is 6.06. The number of hydrogen-bond donors (Lipinski definition) is 1. The number of nitrogens with one attached hydrogen (secondary N) is 1. The summed E-state index contributed by atoms with van der Waals surface area (Å²) >= 11 is 5.23. The Labute approximate surface area is 120 Å². The van der Waals surface area contributed by atoms with Crippen LogP contribution in [0.5, 0.6) is 5.75 Å². The Kier molecular flexibility index (Phi) is 4.47. The Balaban J connectivity index is 2.09. The minimum atomic E-state index is 0.131. The van der Waals surface area contributed by atoms with E-state index in [9.17, 15) is 0 Å². The highest BCUT2D eigenvalue weighted by molar-refractivity contribution is 7.80. The third-order valence-electron chi connectivity index (χ3n) is 3.34. The van der Waals surface area contributed by atoms with Crippen molar-refractivity contribution in [1.82, 2.24) is 10.2 Å². The number of hydrogen-bond acceptors (Lipinski definition) is 3. The van der Waals surface area contributed by atoms with Gasteiger partial charge in [0.15, 0.2) is 5.11 Å². The van der Waals surface area contributed by atoms with Gasteiger partial charge in [0, 0.05) is 20.6 Å². The molecular weight excluding hydrogens is 258 g/mol. The molecule has 0 amide bonds. The zero-order valence-corrected chi connectivity index (χ0v) is 12.5. The first kappa shape index (κ1) is 13.9. The van der Waals surface area contributed by atoms with E-state index in [0.29, 0.717) is 0 Å². The lowest BCUT2D eigenvalue weighted by atomic mass is 10.2. The van der Waals surface area contributed by atoms with Gasteiger partial charge in [-0.3, -0.25) is 0 Å². The van der Waals surface area contributed by atoms with E-state index < -0.39 is 0 Å². The second-order valence-electron chi connectivity index (χ2n) is 4.68. The van der Waals surface area contributed by atoms with Crippen molar-refractivity contribution in [2.24, 2.45) is 0 Å². The maximum absolute atomic E-state index is 6.06. The first-order valence-electron chi connectivity index (χ1n) is 6.59. The van der Waals surface area contributed by atoms with Gasteiger partial charge >= 0.3 is 0 Å². The summed E-state index contributed by atoms with van der Waals surface area (Å²) in [6.45, 7) is 4.83. The number of benzene rings is 1. The van der Waals surface area contributed by atoms with Crippen LogP contribution >= 0.6 is 12.2 Å². The van der Waals surface area contributed by atoms with Crippen molar-refractivity contribution in [1.29, 1.82) is 0 Å². The van der Waals surface area contributed by atoms with Crippen LogP contribution in [0.1, 0.15) is 6.92 Å². The van der Waals surface area contributed by atoms with Gasteiger partial charge < -0.3 is 19.9 Å². The van der Waals surface area contributed by atoms with E-state index in [-0.39, 0.29) is 6.10 Å². The molecule has 1 atom stereocenters. The Morgan fingerprint density at radius 1 is 1.53 bits per heavy atom. The van der Waals surface area contributed by atoms with Crippen molar-refractivity contribution in [3.05, 3.63) is 24.3 Å². The summed E-state index contributed by atoms with van der Waals surface area (Å²) in [7, 11) is 3.83. The average Bonchev–Trinajstić information content (AvgIpc) is 2.45. The van der Waals surface area contributed by atoms with Crippen LogP contribution in [0.2, 0.25) is 0 Å². The van der Waals surface area contributed by atoms with Gasteiger partial charge in [-0.2, -0.15) is 0 Å². The first-order valence-corrected chi connectivity index (χ1v) is 7.00. The number of thiocarbonyl (C=S) groups is 1. The topological polar surface area (TPSA) is 27.7 Å². The van der Waals surface area contributed by atoms with Gasteiger partial charge in [0.05, 0.1) is 18.8 Å². The molecule has 4 nitrogen and oxygen atoms in total. The van der Waals surface area contributed by atoms with E-state index in [0.717, 1.165) is 30.5 Å². The van der Waals surface area contributed by atoms with E-state index in [1.165, 1.54) is 5.69 Å². The molecule has 1 aromatic carbocycles. The highest BCUT2D eigenvalue weighted by Crippen LogP contribution is 2.32. The summed E-state index contributed by atoms with van der Waals surface area (Å²) in [5.74, 6) is 0.962. The second-order valence-corrected chi connectivity index (χ2v) is 5.07. The Hall–Kier alpha value is -1.49. The summed E-state index contributed by atoms with van der Waals surface area (Å²) in [6, 6.07) is 8.20. The molecule has 104 valence electrons. The lowest BCUT2D eigenvalue weighted by Crippen LogP contribution is -2.48. The van der Waals surface area contributed by atoms with Gasteiger partial charge in [-0.25, -0.2) is 0 Å². The molecule has 0 aliphatic carbocycles. The van der Waals surface area contributed by atoms with Gasteiger partial charge in [-0.1, -0.05) is 12.1 Å². The molecule has 0 radical (unpaired) electrons. The van der Waals surface area contributed by atoms with Crippen LogP contribution in [0, 0.1) is 0 Å². The highest BCUT2D eigenvalue weighted by Gasteiger charge is 2.25. The third kappa shape index (κ3) is 3.10. The van der Waals surface area contributed by atoms with E-state index in [4.69, 9.17) is 17.0 Å². The third-order valence-corrected chi connectivity index (χ3v) is 3.86. The summed E-state index contributed by atoms with van der Waals surface area (Å²) in [4.78, 5) is 4.36. The van der Waals surface area contributed by atoms with Crippen LogP contribution in [0.25, 0.3) is 0 Å². The quantitative estimate of drug-likeness (QED) is 0.850. The minimum absolute atomic E-state index is 0.131. The molecule has 5 heteroatoms. The van der Waals surface area contributed by atoms with E-state index in [1.807, 2.05) is 37.2 Å². The lowest BCUT2D eigenvalue weighted by Gasteiger charge is -2.37. The van der Waals surface area contributed by atoms with Crippen molar-refractivity contribution < 1.29 is 4.74 Å². The monoisotopic (exact) mass is 279 g/mol. The zero-order chi connectivity index (χ0) is 13.8. The number of fused-ring (bicyclic) bond motifs is 1. The maximum atomic E-state index is 6.06. The van der Waals surface area contributed by atoms with Crippen molar-refractivity contribution in [3.63, 3.8) is 0 Å². The Morgan fingerprint density at radius 2 is 2.26 bits per heavy atom. The fourth-order valence-corrected chi connectivity index (χ4v) is 2.43. The number of para-hydroxylation sites is 2. The van der Waals surface area contributed by atoms with Gasteiger partial charge in [0.25, 0.3) is 0 Å². The van der Waals surface area contributed by atoms with Gasteiger partial charge in [0.2, 0.25) is 0 Å². The van der Waals surface area contributed by atoms with Crippen molar-refractivity contribution >= 4 is 23.0 Å². The summed E-state index contributed by atoms with van der Waals surface area (Å²) in [6.07, 6.45) is 0.131. The van der Waals surface area contributed by atoms with Gasteiger partial charge in [-0.15, -0.1) is 0 Å². The van der Waals surface area contributed by atoms with Crippen molar-refractivity contribution in [3.8, 4) is 5.75 Å². The van der Waals surface area contributed by atoms with E-state index >= 15 is 0 Å². The fourth-order valence-electron chi connectivity index (χ4n) is 2.35. The predicted molar refractivity (Wildman–Crippen MR) is 83.0 cm³/mol. The molecule has 0 saturated carbocycles. The van der Waals surface area contributed by atoms with Crippen LogP contribution in [-0.4, -0.2) is 49.8 Å². The largest absolute Gasteiger partial charge is 0.485 e. The molecule has 0 aromatic heterocycles. The number of anilines is 1. The fraction of sp³-hybridized carbons (Fsp3) is 0.500. The molecule has 0 unspecified atom stereocenters. The molecule has 2 rings (SSSR count). The van der Waals surface area contributed by atoms with E-state index in [2.05, 4.69) is 23.2 Å². The molecule has 1 aliphatic heterocycles. The average molecular weight is 279 g/mol. The molecule has 0 spiro atoms.